The summed E-state index contributed by atoms with van der Waals surface area (Å²) in [4.78, 5) is 2.38. The van der Waals surface area contributed by atoms with E-state index in [1.807, 2.05) is 0 Å². The van der Waals surface area contributed by atoms with Crippen LogP contribution in [-0.4, -0.2) is 43.8 Å². The van der Waals surface area contributed by atoms with E-state index in [2.05, 4.69) is 25.8 Å². The fourth-order valence-electron chi connectivity index (χ4n) is 2.00. The van der Waals surface area contributed by atoms with Gasteiger partial charge in [0.2, 0.25) is 0 Å². The van der Waals surface area contributed by atoms with Crippen LogP contribution in [0.4, 0.5) is 0 Å². The van der Waals surface area contributed by atoms with Crippen molar-refractivity contribution in [3.05, 3.63) is 0 Å². The monoisotopic (exact) mass is 200 g/mol. The van der Waals surface area contributed by atoms with E-state index >= 15 is 0 Å². The highest BCUT2D eigenvalue weighted by atomic mass is 16.5. The molecule has 1 rings (SSSR count). The molecule has 3 heteroatoms. The molecule has 84 valence electrons. The van der Waals surface area contributed by atoms with Gasteiger partial charge in [-0.25, -0.2) is 0 Å². The summed E-state index contributed by atoms with van der Waals surface area (Å²) in [5.41, 5.74) is 5.81. The van der Waals surface area contributed by atoms with Gasteiger partial charge >= 0.3 is 0 Å². The molecule has 0 aromatic rings. The Morgan fingerprint density at radius 3 is 2.36 bits per heavy atom. The van der Waals surface area contributed by atoms with Gasteiger partial charge in [-0.2, -0.15) is 0 Å². The van der Waals surface area contributed by atoms with E-state index in [9.17, 15) is 0 Å². The van der Waals surface area contributed by atoms with Gasteiger partial charge in [0.25, 0.3) is 0 Å². The molecule has 1 aliphatic rings. The van der Waals surface area contributed by atoms with Gasteiger partial charge in [-0.3, -0.25) is 4.90 Å². The summed E-state index contributed by atoms with van der Waals surface area (Å²) in [6.07, 6.45) is 2.97. The van der Waals surface area contributed by atoms with Crippen molar-refractivity contribution in [2.75, 3.05) is 20.7 Å². The summed E-state index contributed by atoms with van der Waals surface area (Å²) in [5.74, 6) is 0.830. The van der Waals surface area contributed by atoms with E-state index in [0.29, 0.717) is 12.1 Å². The molecule has 0 heterocycles. The Labute approximate surface area is 87.6 Å². The van der Waals surface area contributed by atoms with E-state index in [-0.39, 0.29) is 6.10 Å². The smallest absolute Gasteiger partial charge is 0.0695 e. The van der Waals surface area contributed by atoms with Crippen LogP contribution in [0.5, 0.6) is 0 Å². The zero-order valence-electron chi connectivity index (χ0n) is 9.86. The van der Waals surface area contributed by atoms with Crippen LogP contribution in [0.2, 0.25) is 0 Å². The quantitative estimate of drug-likeness (QED) is 0.697. The fraction of sp³-hybridized carbons (Fsp3) is 1.00. The second-order valence-corrected chi connectivity index (χ2v) is 4.49. The van der Waals surface area contributed by atoms with Crippen LogP contribution in [0.15, 0.2) is 0 Å². The Balaban J connectivity index is 2.47. The Morgan fingerprint density at radius 2 is 2.00 bits per heavy atom. The van der Waals surface area contributed by atoms with E-state index < -0.39 is 0 Å². The lowest BCUT2D eigenvalue weighted by molar-refractivity contribution is 0.0243. The van der Waals surface area contributed by atoms with Crippen molar-refractivity contribution in [1.29, 1.82) is 0 Å². The van der Waals surface area contributed by atoms with E-state index in [0.717, 1.165) is 12.5 Å². The maximum atomic E-state index is 5.81. The van der Waals surface area contributed by atoms with Crippen LogP contribution >= 0.6 is 0 Å². The van der Waals surface area contributed by atoms with Gasteiger partial charge < -0.3 is 10.5 Å². The fourth-order valence-corrected chi connectivity index (χ4v) is 2.00. The lowest BCUT2D eigenvalue weighted by atomic mass is 10.1. The Kier molecular flexibility index (Phi) is 4.35. The number of hydrogen-bond acceptors (Lipinski definition) is 3. The molecule has 3 atom stereocenters. The van der Waals surface area contributed by atoms with Crippen LogP contribution in [0, 0.1) is 5.92 Å². The van der Waals surface area contributed by atoms with Gasteiger partial charge in [-0.1, -0.05) is 0 Å². The first-order valence-electron chi connectivity index (χ1n) is 5.56. The first-order chi connectivity index (χ1) is 6.61. The van der Waals surface area contributed by atoms with Crippen molar-refractivity contribution in [3.8, 4) is 0 Å². The first kappa shape index (κ1) is 12.0. The molecule has 0 aliphatic heterocycles. The number of ether oxygens (including phenoxy) is 1. The zero-order chi connectivity index (χ0) is 10.7. The average Bonchev–Trinajstić information content (AvgIpc) is 3.00. The van der Waals surface area contributed by atoms with Crippen LogP contribution < -0.4 is 5.73 Å². The predicted octanol–water partition coefficient (Wildman–Crippen LogP) is 1.08. The summed E-state index contributed by atoms with van der Waals surface area (Å²) in [6, 6.07) is 0.983. The minimum Gasteiger partial charge on any atom is -0.380 e. The molecule has 1 aliphatic carbocycles. The Bertz CT molecular complexity index is 171. The van der Waals surface area contributed by atoms with Gasteiger partial charge in [-0.15, -0.1) is 0 Å². The molecule has 0 radical (unpaired) electrons. The number of likely N-dealkylation sites (N-methyl/N-ethyl adjacent to an activating group) is 1. The van der Waals surface area contributed by atoms with Gasteiger partial charge in [0.15, 0.2) is 0 Å². The minimum absolute atomic E-state index is 0.271. The Hall–Kier alpha value is -0.120. The number of nitrogens with two attached hydrogens (primary N) is 1. The third kappa shape index (κ3) is 2.69. The molecule has 0 saturated heterocycles. The average molecular weight is 200 g/mol. The highest BCUT2D eigenvalue weighted by Gasteiger charge is 2.35. The summed E-state index contributed by atoms with van der Waals surface area (Å²) < 4.78 is 5.35. The van der Waals surface area contributed by atoms with Gasteiger partial charge in [0, 0.05) is 25.7 Å². The molecule has 0 aromatic carbocycles. The van der Waals surface area contributed by atoms with Crippen molar-refractivity contribution in [1.82, 2.24) is 4.90 Å². The van der Waals surface area contributed by atoms with Crippen molar-refractivity contribution < 1.29 is 4.74 Å². The third-order valence-corrected chi connectivity index (χ3v) is 3.62. The van der Waals surface area contributed by atoms with E-state index in [1.54, 1.807) is 7.11 Å². The molecule has 0 amide bonds. The molecular formula is C11H24N2O. The highest BCUT2D eigenvalue weighted by Crippen LogP contribution is 2.35. The predicted molar refractivity (Wildman–Crippen MR) is 59.3 cm³/mol. The minimum atomic E-state index is 0.271. The van der Waals surface area contributed by atoms with Gasteiger partial charge in [0.05, 0.1) is 6.10 Å². The maximum Gasteiger partial charge on any atom is 0.0695 e. The van der Waals surface area contributed by atoms with Crippen LogP contribution in [0.25, 0.3) is 0 Å². The summed E-state index contributed by atoms with van der Waals surface area (Å²) in [5, 5.41) is 0. The van der Waals surface area contributed by atoms with Gasteiger partial charge in [-0.05, 0) is 39.7 Å². The SMILES string of the molecule is COC(C)C(C)N(C)C(CN)C1CC1. The molecule has 14 heavy (non-hydrogen) atoms. The summed E-state index contributed by atoms with van der Waals surface area (Å²) in [7, 11) is 3.93. The summed E-state index contributed by atoms with van der Waals surface area (Å²) in [6.45, 7) is 5.09. The first-order valence-corrected chi connectivity index (χ1v) is 5.56. The lowest BCUT2D eigenvalue weighted by Gasteiger charge is -2.35. The normalized spacial score (nSPS) is 23.6. The molecule has 1 saturated carbocycles. The third-order valence-electron chi connectivity index (χ3n) is 3.62. The standard InChI is InChI=1S/C11H24N2O/c1-8(9(2)14-4)13(3)11(7-12)10-5-6-10/h8-11H,5-7,12H2,1-4H3. The zero-order valence-corrected chi connectivity index (χ0v) is 9.86. The van der Waals surface area contributed by atoms with Crippen molar-refractivity contribution in [2.45, 2.75) is 44.9 Å². The molecule has 0 aromatic heterocycles. The molecule has 2 N–H and O–H groups in total. The maximum absolute atomic E-state index is 5.81. The second-order valence-electron chi connectivity index (χ2n) is 4.49. The van der Waals surface area contributed by atoms with Crippen molar-refractivity contribution in [3.63, 3.8) is 0 Å². The van der Waals surface area contributed by atoms with Crippen LogP contribution in [0.1, 0.15) is 26.7 Å². The van der Waals surface area contributed by atoms with Crippen LogP contribution in [0.3, 0.4) is 0 Å². The molecule has 1 fully saturated rings. The molecular weight excluding hydrogens is 176 g/mol. The molecule has 3 nitrogen and oxygen atoms in total. The molecule has 0 bridgehead atoms. The number of methoxy groups -OCH3 is 1. The number of hydrogen-bond donors (Lipinski definition) is 1. The van der Waals surface area contributed by atoms with E-state index in [1.165, 1.54) is 12.8 Å². The topological polar surface area (TPSA) is 38.5 Å². The van der Waals surface area contributed by atoms with E-state index in [4.69, 9.17) is 10.5 Å². The number of nitrogens with zero attached hydrogens (tertiary/aromatic N) is 1. The lowest BCUT2D eigenvalue weighted by Crippen LogP contribution is -2.48. The largest absolute Gasteiger partial charge is 0.380 e. The highest BCUT2D eigenvalue weighted by molar-refractivity contribution is 4.90. The second kappa shape index (κ2) is 5.10. The Morgan fingerprint density at radius 1 is 1.43 bits per heavy atom. The molecule has 0 spiro atoms. The van der Waals surface area contributed by atoms with Crippen LogP contribution in [-0.2, 0) is 4.74 Å². The van der Waals surface area contributed by atoms with Gasteiger partial charge in [0.1, 0.15) is 0 Å². The van der Waals surface area contributed by atoms with Crippen molar-refractivity contribution in [2.24, 2.45) is 11.7 Å². The number of rotatable bonds is 6. The van der Waals surface area contributed by atoms with Crippen molar-refractivity contribution >= 4 is 0 Å². The summed E-state index contributed by atoms with van der Waals surface area (Å²) >= 11 is 0. The molecule has 3 unspecified atom stereocenters.